The molecule has 42 heavy (non-hydrogen) atoms. The highest BCUT2D eigenvalue weighted by molar-refractivity contribution is 4.48. The second-order valence-electron chi connectivity index (χ2n) is 10.1. The maximum atomic E-state index is 8.58. The van der Waals surface area contributed by atoms with E-state index in [9.17, 15) is 0 Å². The molecular weight excluding hydrogens is 546 g/mol. The van der Waals surface area contributed by atoms with Crippen molar-refractivity contribution in [3.63, 3.8) is 0 Å². The van der Waals surface area contributed by atoms with Gasteiger partial charge in [0.15, 0.2) is 0 Å². The molecule has 0 bridgehead atoms. The molecule has 0 radical (unpaired) electrons. The summed E-state index contributed by atoms with van der Waals surface area (Å²) in [6, 6.07) is 0. The van der Waals surface area contributed by atoms with E-state index in [1.165, 1.54) is 70.6 Å². The van der Waals surface area contributed by atoms with Gasteiger partial charge >= 0.3 is 0 Å². The van der Waals surface area contributed by atoms with E-state index in [2.05, 4.69) is 6.92 Å². The fourth-order valence-corrected chi connectivity index (χ4v) is 3.97. The molecule has 0 aromatic carbocycles. The minimum atomic E-state index is 0.0325. The lowest BCUT2D eigenvalue weighted by molar-refractivity contribution is -0.0255. The van der Waals surface area contributed by atoms with Crippen LogP contribution < -0.4 is 0 Å². The van der Waals surface area contributed by atoms with Crippen LogP contribution in [0.5, 0.6) is 0 Å². The van der Waals surface area contributed by atoms with Gasteiger partial charge < -0.3 is 47.7 Å². The fourth-order valence-electron chi connectivity index (χ4n) is 3.97. The highest BCUT2D eigenvalue weighted by Crippen LogP contribution is 2.11. The molecule has 0 aliphatic heterocycles. The summed E-state index contributed by atoms with van der Waals surface area (Å²) in [4.78, 5) is 0. The molecule has 0 atom stereocenters. The lowest BCUT2D eigenvalue weighted by Crippen LogP contribution is -2.15. The molecule has 0 unspecified atom stereocenters. The molecule has 0 aliphatic rings. The first kappa shape index (κ1) is 41.6. The van der Waals surface area contributed by atoms with E-state index in [1.807, 2.05) is 0 Å². The fraction of sp³-hybridized carbons (Fsp3) is 1.00. The second kappa shape index (κ2) is 40.6. The Bertz CT molecular complexity index is 419. The van der Waals surface area contributed by atoms with Crippen molar-refractivity contribution in [3.05, 3.63) is 0 Å². The highest BCUT2D eigenvalue weighted by atomic mass is 16.7. The smallest absolute Gasteiger partial charge is 0.0701 e. The lowest BCUT2D eigenvalue weighted by Gasteiger charge is -2.09. The van der Waals surface area contributed by atoms with Gasteiger partial charge in [-0.15, -0.1) is 0 Å². The number of aliphatic hydroxyl groups excluding tert-OH is 1. The van der Waals surface area contributed by atoms with Crippen LogP contribution >= 0.6 is 0 Å². The van der Waals surface area contributed by atoms with E-state index in [-0.39, 0.29) is 6.61 Å². The first-order valence-corrected chi connectivity index (χ1v) is 16.7. The molecule has 10 nitrogen and oxygen atoms in total. The van der Waals surface area contributed by atoms with Crippen LogP contribution in [0.2, 0.25) is 0 Å². The molecule has 1 N–H and O–H groups in total. The maximum Gasteiger partial charge on any atom is 0.0701 e. The van der Waals surface area contributed by atoms with E-state index < -0.39 is 0 Å². The van der Waals surface area contributed by atoms with Gasteiger partial charge in [-0.25, -0.2) is 0 Å². The monoisotopic (exact) mass is 612 g/mol. The second-order valence-corrected chi connectivity index (χ2v) is 10.1. The summed E-state index contributed by atoms with van der Waals surface area (Å²) in [6.07, 6.45) is 16.3. The Morgan fingerprint density at radius 1 is 0.357 bits per heavy atom. The van der Waals surface area contributed by atoms with Crippen LogP contribution in [0.25, 0.3) is 0 Å². The van der Waals surface area contributed by atoms with E-state index in [1.54, 1.807) is 0 Å². The predicted octanol–water partition coefficient (Wildman–Crippen LogP) is 4.83. The first-order valence-electron chi connectivity index (χ1n) is 16.7. The van der Waals surface area contributed by atoms with Crippen molar-refractivity contribution < 1.29 is 47.7 Å². The summed E-state index contributed by atoms with van der Waals surface area (Å²) in [6.45, 7) is 12.1. The Labute approximate surface area is 257 Å². The molecule has 10 heteroatoms. The van der Waals surface area contributed by atoms with Crippen LogP contribution in [0.1, 0.15) is 84.0 Å². The van der Waals surface area contributed by atoms with Crippen molar-refractivity contribution in [1.29, 1.82) is 0 Å². The third-order valence-electron chi connectivity index (χ3n) is 6.35. The van der Waals surface area contributed by atoms with Crippen molar-refractivity contribution in [3.8, 4) is 0 Å². The highest BCUT2D eigenvalue weighted by Gasteiger charge is 1.97. The van der Waals surface area contributed by atoms with E-state index in [4.69, 9.17) is 47.7 Å². The van der Waals surface area contributed by atoms with Gasteiger partial charge in [0.1, 0.15) is 0 Å². The number of aliphatic hydroxyl groups is 1. The Morgan fingerprint density at radius 3 is 1.07 bits per heavy atom. The molecule has 0 aliphatic carbocycles. The normalized spacial score (nSPS) is 11.6. The van der Waals surface area contributed by atoms with E-state index in [0.717, 1.165) is 13.0 Å². The Kier molecular flexibility index (Phi) is 40.2. The third kappa shape index (κ3) is 39.6. The van der Waals surface area contributed by atoms with Gasteiger partial charge in [0.05, 0.1) is 119 Å². The molecule has 0 aromatic heterocycles. The Hall–Kier alpha value is -0.400. The summed E-state index contributed by atoms with van der Waals surface area (Å²) < 4.78 is 48.9. The predicted molar refractivity (Wildman–Crippen MR) is 166 cm³/mol. The third-order valence-corrected chi connectivity index (χ3v) is 6.35. The van der Waals surface area contributed by atoms with E-state index in [0.29, 0.717) is 112 Å². The maximum absolute atomic E-state index is 8.58. The van der Waals surface area contributed by atoms with Crippen molar-refractivity contribution in [2.24, 2.45) is 0 Å². The van der Waals surface area contributed by atoms with Gasteiger partial charge in [-0.2, -0.15) is 0 Å². The van der Waals surface area contributed by atoms with Crippen molar-refractivity contribution in [2.45, 2.75) is 84.0 Å². The minimum absolute atomic E-state index is 0.0325. The van der Waals surface area contributed by atoms with Gasteiger partial charge in [-0.1, -0.05) is 77.6 Å². The van der Waals surface area contributed by atoms with Crippen molar-refractivity contribution >= 4 is 0 Å². The lowest BCUT2D eigenvalue weighted by atomic mass is 10.1. The van der Waals surface area contributed by atoms with Crippen molar-refractivity contribution in [1.82, 2.24) is 0 Å². The van der Waals surface area contributed by atoms with Gasteiger partial charge in [0.25, 0.3) is 0 Å². The molecule has 0 aromatic rings. The number of ether oxygens (including phenoxy) is 9. The standard InChI is InChI=1S/C32H66O10/c1-2-3-4-5-6-7-8-9-10-11-12-13-15-34-17-19-36-21-23-38-25-27-40-29-31-42-32-30-41-28-26-39-24-22-37-20-18-35-16-14-33/h33H,2-32H2,1H3/i19+2. The van der Waals surface area contributed by atoms with Crippen molar-refractivity contribution in [2.75, 3.05) is 126 Å². The average molecular weight is 613 g/mol. The SMILES string of the molecule is CCCCCCCCCCCCCCOC[14CH2]OCCOCCOCCOCCOCCOCCOCCOCCO. The van der Waals surface area contributed by atoms with Crippen LogP contribution in [0, 0.1) is 0 Å². The molecule has 0 rings (SSSR count). The van der Waals surface area contributed by atoms with Gasteiger partial charge in [0.2, 0.25) is 0 Å². The molecular formula is C32H66O10. The van der Waals surface area contributed by atoms with Gasteiger partial charge in [-0.3, -0.25) is 0 Å². The first-order chi connectivity index (χ1) is 20.9. The van der Waals surface area contributed by atoms with E-state index >= 15 is 0 Å². The topological polar surface area (TPSA) is 103 Å². The van der Waals surface area contributed by atoms with Gasteiger partial charge in [-0.05, 0) is 6.42 Å². The zero-order chi connectivity index (χ0) is 30.3. The molecule has 0 heterocycles. The summed E-state index contributed by atoms with van der Waals surface area (Å²) in [7, 11) is 0. The molecule has 0 saturated carbocycles. The van der Waals surface area contributed by atoms with Crippen LogP contribution in [-0.2, 0) is 42.6 Å². The summed E-state index contributed by atoms with van der Waals surface area (Å²) >= 11 is 0. The van der Waals surface area contributed by atoms with Gasteiger partial charge in [0, 0.05) is 6.61 Å². The zero-order valence-corrected chi connectivity index (χ0v) is 27.0. The Balaban J connectivity index is 3.02. The molecule has 0 saturated heterocycles. The van der Waals surface area contributed by atoms with Crippen LogP contribution in [0.4, 0.5) is 0 Å². The summed E-state index contributed by atoms with van der Waals surface area (Å²) in [5.41, 5.74) is 0. The molecule has 0 fully saturated rings. The summed E-state index contributed by atoms with van der Waals surface area (Å²) in [5, 5.41) is 8.58. The number of hydrogen-bond acceptors (Lipinski definition) is 10. The van der Waals surface area contributed by atoms with Crippen LogP contribution in [0.15, 0.2) is 0 Å². The number of rotatable bonds is 39. The summed E-state index contributed by atoms with van der Waals surface area (Å²) in [5.74, 6) is 0. The average Bonchev–Trinajstić information content (AvgIpc) is 3.00. The van der Waals surface area contributed by atoms with Crippen LogP contribution in [0.3, 0.4) is 0 Å². The largest absolute Gasteiger partial charge is 0.394 e. The quantitative estimate of drug-likeness (QED) is 0.0971. The van der Waals surface area contributed by atoms with Crippen LogP contribution in [-0.4, -0.2) is 131 Å². The zero-order valence-electron chi connectivity index (χ0n) is 27.0. The Morgan fingerprint density at radius 2 is 0.690 bits per heavy atom. The molecule has 254 valence electrons. The molecule has 0 spiro atoms. The number of unbranched alkanes of at least 4 members (excludes halogenated alkanes) is 11. The number of hydrogen-bond donors (Lipinski definition) is 1. The molecule has 0 amide bonds. The minimum Gasteiger partial charge on any atom is -0.394 e.